The highest BCUT2D eigenvalue weighted by molar-refractivity contribution is 5.92. The van der Waals surface area contributed by atoms with Crippen LogP contribution in [0.5, 0.6) is 0 Å². The third kappa shape index (κ3) is 2.17. The van der Waals surface area contributed by atoms with Crippen molar-refractivity contribution < 1.29 is 18.0 Å². The van der Waals surface area contributed by atoms with Gasteiger partial charge >= 0.3 is 6.18 Å². The van der Waals surface area contributed by atoms with Crippen LogP contribution >= 0.6 is 0 Å². The van der Waals surface area contributed by atoms with E-state index in [4.69, 9.17) is 5.73 Å². The minimum atomic E-state index is -4.50. The van der Waals surface area contributed by atoms with Gasteiger partial charge in [-0.15, -0.1) is 0 Å². The van der Waals surface area contributed by atoms with Crippen molar-refractivity contribution in [2.45, 2.75) is 6.18 Å². The van der Waals surface area contributed by atoms with Gasteiger partial charge in [0.15, 0.2) is 0 Å². The Kier molecular flexibility index (Phi) is 2.22. The van der Waals surface area contributed by atoms with Crippen molar-refractivity contribution in [2.75, 3.05) is 0 Å². The number of aromatic nitrogens is 1. The third-order valence-electron chi connectivity index (χ3n) is 1.35. The summed E-state index contributed by atoms with van der Waals surface area (Å²) in [7, 11) is 0. The van der Waals surface area contributed by atoms with E-state index in [1.54, 1.807) is 0 Å². The molecule has 1 amide bonds. The van der Waals surface area contributed by atoms with E-state index in [1.165, 1.54) is 0 Å². The second-order valence-electron chi connectivity index (χ2n) is 2.32. The van der Waals surface area contributed by atoms with Crippen molar-refractivity contribution in [2.24, 2.45) is 5.73 Å². The molecule has 1 heterocycles. The molecule has 70 valence electrons. The number of amides is 1. The maximum atomic E-state index is 12.0. The molecule has 0 aliphatic carbocycles. The minimum absolute atomic E-state index is 0.255. The Morgan fingerprint density at radius 3 is 2.46 bits per heavy atom. The third-order valence-corrected chi connectivity index (χ3v) is 1.35. The smallest absolute Gasteiger partial charge is 0.366 e. The Morgan fingerprint density at radius 1 is 1.38 bits per heavy atom. The van der Waals surface area contributed by atoms with Crippen molar-refractivity contribution in [3.63, 3.8) is 0 Å². The molecular formula is C7H5F3N2O. The summed E-state index contributed by atoms with van der Waals surface area (Å²) in [5, 5.41) is 0. The molecule has 1 aromatic heterocycles. The van der Waals surface area contributed by atoms with Gasteiger partial charge in [0.2, 0.25) is 5.91 Å². The van der Waals surface area contributed by atoms with E-state index < -0.39 is 17.6 Å². The highest BCUT2D eigenvalue weighted by Gasteiger charge is 2.31. The van der Waals surface area contributed by atoms with E-state index >= 15 is 0 Å². The summed E-state index contributed by atoms with van der Waals surface area (Å²) >= 11 is 0. The van der Waals surface area contributed by atoms with Crippen LogP contribution in [0.4, 0.5) is 13.2 Å². The van der Waals surface area contributed by atoms with Crippen LogP contribution in [0, 0.1) is 0 Å². The lowest BCUT2D eigenvalue weighted by Gasteiger charge is -2.05. The molecule has 3 nitrogen and oxygen atoms in total. The fourth-order valence-electron chi connectivity index (χ4n) is 0.730. The average molecular weight is 190 g/mol. The number of hydrogen-bond acceptors (Lipinski definition) is 2. The normalized spacial score (nSPS) is 11.3. The standard InChI is InChI=1S/C7H5F3N2O/c8-7(9,10)5-1-4(6(11)13)2-12-3-5/h1-3H,(H2,11,13). The van der Waals surface area contributed by atoms with Gasteiger partial charge in [-0.25, -0.2) is 0 Å². The minimum Gasteiger partial charge on any atom is -0.366 e. The van der Waals surface area contributed by atoms with Gasteiger partial charge in [-0.2, -0.15) is 13.2 Å². The summed E-state index contributed by atoms with van der Waals surface area (Å²) < 4.78 is 36.1. The van der Waals surface area contributed by atoms with Crippen LogP contribution in [0.25, 0.3) is 0 Å². The maximum Gasteiger partial charge on any atom is 0.417 e. The predicted octanol–water partition coefficient (Wildman–Crippen LogP) is 1.20. The Balaban J connectivity index is 3.13. The number of nitrogens with zero attached hydrogens (tertiary/aromatic N) is 1. The monoisotopic (exact) mass is 190 g/mol. The van der Waals surface area contributed by atoms with Crippen molar-refractivity contribution in [3.8, 4) is 0 Å². The van der Waals surface area contributed by atoms with E-state index in [1.807, 2.05) is 0 Å². The fourth-order valence-corrected chi connectivity index (χ4v) is 0.730. The van der Waals surface area contributed by atoms with Crippen LogP contribution in [-0.4, -0.2) is 10.9 Å². The van der Waals surface area contributed by atoms with Crippen LogP contribution in [0.15, 0.2) is 18.5 Å². The van der Waals surface area contributed by atoms with E-state index in [-0.39, 0.29) is 5.56 Å². The predicted molar refractivity (Wildman–Crippen MR) is 37.8 cm³/mol. The van der Waals surface area contributed by atoms with Crippen molar-refractivity contribution in [3.05, 3.63) is 29.6 Å². The molecule has 6 heteroatoms. The Morgan fingerprint density at radius 2 is 2.00 bits per heavy atom. The van der Waals surface area contributed by atoms with Gasteiger partial charge in [0, 0.05) is 12.4 Å². The molecule has 2 N–H and O–H groups in total. The molecule has 0 aromatic carbocycles. The molecule has 13 heavy (non-hydrogen) atoms. The first-order chi connectivity index (χ1) is 5.91. The molecule has 0 unspecified atom stereocenters. The summed E-state index contributed by atoms with van der Waals surface area (Å²) in [6.45, 7) is 0. The molecule has 1 rings (SSSR count). The number of nitrogens with two attached hydrogens (primary N) is 1. The Bertz CT molecular complexity index is 335. The number of alkyl halides is 3. The van der Waals surface area contributed by atoms with E-state index in [2.05, 4.69) is 4.98 Å². The Hall–Kier alpha value is -1.59. The summed E-state index contributed by atoms with van der Waals surface area (Å²) in [5.74, 6) is -0.932. The van der Waals surface area contributed by atoms with Crippen molar-refractivity contribution >= 4 is 5.91 Å². The molecule has 0 saturated carbocycles. The molecule has 0 bridgehead atoms. The number of carbonyl (C=O) groups is 1. The first-order valence-electron chi connectivity index (χ1n) is 3.23. The lowest BCUT2D eigenvalue weighted by molar-refractivity contribution is -0.137. The van der Waals surface area contributed by atoms with E-state index in [9.17, 15) is 18.0 Å². The molecule has 0 fully saturated rings. The number of pyridine rings is 1. The molecule has 1 aromatic rings. The molecule has 0 spiro atoms. The van der Waals surface area contributed by atoms with E-state index in [0.717, 1.165) is 6.20 Å². The number of hydrogen-bond donors (Lipinski definition) is 1. The second kappa shape index (κ2) is 3.04. The quantitative estimate of drug-likeness (QED) is 0.723. The van der Waals surface area contributed by atoms with E-state index in [0.29, 0.717) is 12.3 Å². The maximum absolute atomic E-state index is 12.0. The number of rotatable bonds is 1. The molecule has 0 aliphatic heterocycles. The SMILES string of the molecule is NC(=O)c1cncc(C(F)(F)F)c1. The van der Waals surface area contributed by atoms with Gasteiger partial charge in [-0.1, -0.05) is 0 Å². The zero-order valence-corrected chi connectivity index (χ0v) is 6.30. The van der Waals surface area contributed by atoms with Crippen molar-refractivity contribution in [1.82, 2.24) is 4.98 Å². The summed E-state index contributed by atoms with van der Waals surface area (Å²) in [5.41, 5.74) is 3.54. The first kappa shape index (κ1) is 9.50. The van der Waals surface area contributed by atoms with Crippen LogP contribution < -0.4 is 5.73 Å². The molecule has 0 radical (unpaired) electrons. The fraction of sp³-hybridized carbons (Fsp3) is 0.143. The average Bonchev–Trinajstić information content (AvgIpc) is 2.03. The zero-order valence-electron chi connectivity index (χ0n) is 6.30. The number of halogens is 3. The van der Waals surface area contributed by atoms with Gasteiger partial charge in [-0.05, 0) is 6.07 Å². The van der Waals surface area contributed by atoms with Crippen LogP contribution in [0.1, 0.15) is 15.9 Å². The largest absolute Gasteiger partial charge is 0.417 e. The van der Waals surface area contributed by atoms with Crippen LogP contribution in [0.2, 0.25) is 0 Å². The van der Waals surface area contributed by atoms with Crippen LogP contribution in [0.3, 0.4) is 0 Å². The summed E-state index contributed by atoms with van der Waals surface area (Å²) in [6, 6.07) is 0.662. The summed E-state index contributed by atoms with van der Waals surface area (Å²) in [6.07, 6.45) is -2.89. The molecule has 0 saturated heterocycles. The topological polar surface area (TPSA) is 56.0 Å². The summed E-state index contributed by atoms with van der Waals surface area (Å²) in [4.78, 5) is 13.7. The van der Waals surface area contributed by atoms with Crippen molar-refractivity contribution in [1.29, 1.82) is 0 Å². The molecule has 0 aliphatic rings. The highest BCUT2D eigenvalue weighted by atomic mass is 19.4. The zero-order chi connectivity index (χ0) is 10.1. The van der Waals surface area contributed by atoms with Gasteiger partial charge < -0.3 is 5.73 Å². The van der Waals surface area contributed by atoms with Gasteiger partial charge in [0.25, 0.3) is 0 Å². The number of primary amides is 1. The van der Waals surface area contributed by atoms with Gasteiger partial charge in [-0.3, -0.25) is 9.78 Å². The van der Waals surface area contributed by atoms with Gasteiger partial charge in [0.1, 0.15) is 0 Å². The Labute approximate surface area is 71.4 Å². The van der Waals surface area contributed by atoms with Gasteiger partial charge in [0.05, 0.1) is 11.1 Å². The van der Waals surface area contributed by atoms with Crippen LogP contribution in [-0.2, 0) is 6.18 Å². The highest BCUT2D eigenvalue weighted by Crippen LogP contribution is 2.28. The molecular weight excluding hydrogens is 185 g/mol. The lowest BCUT2D eigenvalue weighted by Crippen LogP contribution is -2.14. The number of carbonyl (C=O) groups excluding carboxylic acids is 1. The second-order valence-corrected chi connectivity index (χ2v) is 2.32. The lowest BCUT2D eigenvalue weighted by atomic mass is 10.2. The molecule has 0 atom stereocenters. The first-order valence-corrected chi connectivity index (χ1v) is 3.23.